The van der Waals surface area contributed by atoms with E-state index in [1.165, 1.54) is 0 Å². The molecule has 5 heteroatoms. The van der Waals surface area contributed by atoms with E-state index in [2.05, 4.69) is 4.98 Å². The molecule has 0 fully saturated rings. The van der Waals surface area contributed by atoms with Gasteiger partial charge in [-0.2, -0.15) is 0 Å². The minimum absolute atomic E-state index is 0.338. The average molecular weight is 271 g/mol. The fourth-order valence-corrected chi connectivity index (χ4v) is 2.25. The maximum atomic E-state index is 11.7. The molecule has 0 unspecified atom stereocenters. The molecule has 1 aromatic carbocycles. The second-order valence-corrected chi connectivity index (χ2v) is 4.51. The molecule has 0 saturated heterocycles. The second-order valence-electron chi connectivity index (χ2n) is 4.51. The number of fused-ring (bicyclic) bond motifs is 2. The van der Waals surface area contributed by atoms with E-state index in [4.69, 9.17) is 9.47 Å². The number of aromatic nitrogens is 1. The SMILES string of the molecule is CCOC(=O)c1ccc2nc3c(cc2c1)CCOC3=O. The van der Waals surface area contributed by atoms with Gasteiger partial charge in [0.2, 0.25) is 0 Å². The van der Waals surface area contributed by atoms with Crippen molar-refractivity contribution < 1.29 is 19.1 Å². The topological polar surface area (TPSA) is 65.5 Å². The van der Waals surface area contributed by atoms with Crippen LogP contribution in [0, 0.1) is 0 Å². The molecule has 1 aromatic heterocycles. The summed E-state index contributed by atoms with van der Waals surface area (Å²) in [5.74, 6) is -0.742. The summed E-state index contributed by atoms with van der Waals surface area (Å²) in [7, 11) is 0. The molecule has 0 spiro atoms. The van der Waals surface area contributed by atoms with E-state index in [1.807, 2.05) is 6.07 Å². The predicted molar refractivity (Wildman–Crippen MR) is 71.7 cm³/mol. The Balaban J connectivity index is 2.09. The fraction of sp³-hybridized carbons (Fsp3) is 0.267. The van der Waals surface area contributed by atoms with Gasteiger partial charge in [-0.1, -0.05) is 0 Å². The van der Waals surface area contributed by atoms with Crippen molar-refractivity contribution in [3.05, 3.63) is 41.1 Å². The summed E-state index contributed by atoms with van der Waals surface area (Å²) in [5, 5.41) is 0.823. The molecule has 2 aromatic rings. The zero-order valence-corrected chi connectivity index (χ0v) is 11.0. The Morgan fingerprint density at radius 1 is 1.40 bits per heavy atom. The highest BCUT2D eigenvalue weighted by atomic mass is 16.5. The lowest BCUT2D eigenvalue weighted by Gasteiger charge is -2.15. The first-order valence-electron chi connectivity index (χ1n) is 6.47. The molecule has 102 valence electrons. The normalized spacial score (nSPS) is 13.8. The van der Waals surface area contributed by atoms with Gasteiger partial charge in [0, 0.05) is 11.8 Å². The number of carbonyl (C=O) groups excluding carboxylic acids is 2. The summed E-state index contributed by atoms with van der Waals surface area (Å²) in [4.78, 5) is 27.7. The summed E-state index contributed by atoms with van der Waals surface area (Å²) in [5.41, 5.74) is 2.37. The van der Waals surface area contributed by atoms with Crippen molar-refractivity contribution in [1.82, 2.24) is 4.98 Å². The zero-order valence-electron chi connectivity index (χ0n) is 11.0. The lowest BCUT2D eigenvalue weighted by atomic mass is 10.0. The maximum Gasteiger partial charge on any atom is 0.357 e. The predicted octanol–water partition coefficient (Wildman–Crippen LogP) is 2.12. The molecule has 0 atom stereocenters. The van der Waals surface area contributed by atoms with Crippen molar-refractivity contribution in [2.24, 2.45) is 0 Å². The third kappa shape index (κ3) is 2.11. The largest absolute Gasteiger partial charge is 0.462 e. The van der Waals surface area contributed by atoms with Crippen LogP contribution in [0.1, 0.15) is 33.3 Å². The Morgan fingerprint density at radius 2 is 2.25 bits per heavy atom. The third-order valence-corrected chi connectivity index (χ3v) is 3.20. The molecule has 3 rings (SSSR count). The van der Waals surface area contributed by atoms with Gasteiger partial charge < -0.3 is 9.47 Å². The molecule has 1 aliphatic heterocycles. The Labute approximate surface area is 115 Å². The van der Waals surface area contributed by atoms with E-state index in [0.717, 1.165) is 10.9 Å². The van der Waals surface area contributed by atoms with Crippen molar-refractivity contribution in [1.29, 1.82) is 0 Å². The molecule has 1 aliphatic rings. The van der Waals surface area contributed by atoms with Crippen molar-refractivity contribution in [2.45, 2.75) is 13.3 Å². The summed E-state index contributed by atoms with van der Waals surface area (Å²) in [6.07, 6.45) is 0.646. The zero-order chi connectivity index (χ0) is 14.1. The molecule has 0 bridgehead atoms. The van der Waals surface area contributed by atoms with Crippen LogP contribution in [0.4, 0.5) is 0 Å². The van der Waals surface area contributed by atoms with Gasteiger partial charge in [0.05, 0.1) is 24.3 Å². The highest BCUT2D eigenvalue weighted by Gasteiger charge is 2.21. The van der Waals surface area contributed by atoms with Crippen LogP contribution in [0.5, 0.6) is 0 Å². The number of cyclic esters (lactones) is 1. The number of pyridine rings is 1. The van der Waals surface area contributed by atoms with Crippen LogP contribution in [0.2, 0.25) is 0 Å². The van der Waals surface area contributed by atoms with Crippen molar-refractivity contribution in [3.63, 3.8) is 0 Å². The maximum absolute atomic E-state index is 11.7. The van der Waals surface area contributed by atoms with E-state index in [0.29, 0.717) is 36.4 Å². The van der Waals surface area contributed by atoms with Crippen LogP contribution < -0.4 is 0 Å². The minimum Gasteiger partial charge on any atom is -0.462 e. The van der Waals surface area contributed by atoms with Crippen molar-refractivity contribution in [2.75, 3.05) is 13.2 Å². The molecular weight excluding hydrogens is 258 g/mol. The minimum atomic E-state index is -0.386. The number of hydrogen-bond donors (Lipinski definition) is 0. The standard InChI is InChI=1S/C15H13NO4/c1-2-19-14(17)10-3-4-12-11(8-10)7-9-5-6-20-15(18)13(9)16-12/h3-4,7-8H,2,5-6H2,1H3. The molecule has 0 saturated carbocycles. The highest BCUT2D eigenvalue weighted by Crippen LogP contribution is 2.22. The van der Waals surface area contributed by atoms with Crippen LogP contribution in [-0.4, -0.2) is 30.1 Å². The average Bonchev–Trinajstić information content (AvgIpc) is 2.45. The summed E-state index contributed by atoms with van der Waals surface area (Å²) < 4.78 is 9.94. The van der Waals surface area contributed by atoms with Gasteiger partial charge in [0.1, 0.15) is 0 Å². The summed E-state index contributed by atoms with van der Waals surface area (Å²) >= 11 is 0. The number of ether oxygens (including phenoxy) is 2. The second kappa shape index (κ2) is 4.92. The Hall–Kier alpha value is -2.43. The number of hydrogen-bond acceptors (Lipinski definition) is 5. The number of esters is 2. The fourth-order valence-electron chi connectivity index (χ4n) is 2.25. The first kappa shape index (κ1) is 12.6. The van der Waals surface area contributed by atoms with Gasteiger partial charge in [0.15, 0.2) is 5.69 Å². The van der Waals surface area contributed by atoms with E-state index in [9.17, 15) is 9.59 Å². The molecule has 0 radical (unpaired) electrons. The number of nitrogens with zero attached hydrogens (tertiary/aromatic N) is 1. The molecule has 0 N–H and O–H groups in total. The molecule has 2 heterocycles. The molecule has 5 nitrogen and oxygen atoms in total. The van der Waals surface area contributed by atoms with Crippen molar-refractivity contribution >= 4 is 22.8 Å². The Kier molecular flexibility index (Phi) is 3.10. The van der Waals surface area contributed by atoms with Gasteiger partial charge in [0.25, 0.3) is 0 Å². The van der Waals surface area contributed by atoms with E-state index in [1.54, 1.807) is 25.1 Å². The van der Waals surface area contributed by atoms with E-state index < -0.39 is 0 Å². The Morgan fingerprint density at radius 3 is 3.05 bits per heavy atom. The van der Waals surface area contributed by atoms with Gasteiger partial charge in [-0.3, -0.25) is 0 Å². The quantitative estimate of drug-likeness (QED) is 0.783. The van der Waals surface area contributed by atoms with Gasteiger partial charge in [-0.25, -0.2) is 14.6 Å². The van der Waals surface area contributed by atoms with Crippen LogP contribution in [0.3, 0.4) is 0 Å². The Bertz CT molecular complexity index is 708. The highest BCUT2D eigenvalue weighted by molar-refractivity contribution is 5.97. The number of benzene rings is 1. The van der Waals surface area contributed by atoms with Gasteiger partial charge in [-0.15, -0.1) is 0 Å². The first-order chi connectivity index (χ1) is 9.69. The van der Waals surface area contributed by atoms with Gasteiger partial charge >= 0.3 is 11.9 Å². The van der Waals surface area contributed by atoms with Gasteiger partial charge in [-0.05, 0) is 36.8 Å². The summed E-state index contributed by atoms with van der Waals surface area (Å²) in [6.45, 7) is 2.48. The van der Waals surface area contributed by atoms with E-state index >= 15 is 0 Å². The lowest BCUT2D eigenvalue weighted by Crippen LogP contribution is -2.19. The molecule has 0 amide bonds. The first-order valence-corrected chi connectivity index (χ1v) is 6.47. The summed E-state index contributed by atoms with van der Waals surface area (Å²) in [6, 6.07) is 6.99. The number of carbonyl (C=O) groups is 2. The molecule has 20 heavy (non-hydrogen) atoms. The molecular formula is C15H13NO4. The van der Waals surface area contributed by atoms with Crippen LogP contribution in [-0.2, 0) is 15.9 Å². The lowest BCUT2D eigenvalue weighted by molar-refractivity contribution is 0.0470. The monoisotopic (exact) mass is 271 g/mol. The number of rotatable bonds is 2. The smallest absolute Gasteiger partial charge is 0.357 e. The molecule has 0 aliphatic carbocycles. The van der Waals surface area contributed by atoms with E-state index in [-0.39, 0.29) is 11.9 Å². The van der Waals surface area contributed by atoms with Crippen LogP contribution >= 0.6 is 0 Å². The van der Waals surface area contributed by atoms with Crippen LogP contribution in [0.25, 0.3) is 10.9 Å². The third-order valence-electron chi connectivity index (χ3n) is 3.20. The van der Waals surface area contributed by atoms with Crippen LogP contribution in [0.15, 0.2) is 24.3 Å². The van der Waals surface area contributed by atoms with Crippen molar-refractivity contribution in [3.8, 4) is 0 Å².